The van der Waals surface area contributed by atoms with Crippen LogP contribution in [0.1, 0.15) is 24.8 Å². The molecule has 122 valence electrons. The zero-order valence-electron chi connectivity index (χ0n) is 13.1. The Hall–Kier alpha value is -3.08. The number of terminal acetylenes is 1. The number of aromatic amines is 1. The van der Waals surface area contributed by atoms with Crippen molar-refractivity contribution in [2.75, 3.05) is 6.54 Å². The van der Waals surface area contributed by atoms with E-state index in [-0.39, 0.29) is 18.0 Å². The molecule has 24 heavy (non-hydrogen) atoms. The molecule has 2 heterocycles. The maximum absolute atomic E-state index is 12.1. The van der Waals surface area contributed by atoms with Crippen molar-refractivity contribution >= 4 is 5.91 Å². The summed E-state index contributed by atoms with van der Waals surface area (Å²) in [6.07, 6.45) is 7.61. The number of benzene rings is 1. The molecule has 0 fully saturated rings. The Balaban J connectivity index is 1.47. The number of hydrogen-bond donors (Lipinski definition) is 2. The molecule has 0 saturated heterocycles. The van der Waals surface area contributed by atoms with E-state index in [9.17, 15) is 4.79 Å². The summed E-state index contributed by atoms with van der Waals surface area (Å²) in [7, 11) is 0. The highest BCUT2D eigenvalue weighted by Crippen LogP contribution is 2.35. The molecule has 1 aliphatic heterocycles. The number of carbonyl (C=O) groups is 1. The molecule has 8 nitrogen and oxygen atoms in total. The summed E-state index contributed by atoms with van der Waals surface area (Å²) in [6.45, 7) is 0.529. The van der Waals surface area contributed by atoms with Crippen molar-refractivity contribution in [3.05, 3.63) is 29.8 Å². The van der Waals surface area contributed by atoms with Crippen LogP contribution in [0.25, 0.3) is 11.4 Å². The van der Waals surface area contributed by atoms with Gasteiger partial charge < -0.3 is 5.32 Å². The van der Waals surface area contributed by atoms with E-state index in [0.29, 0.717) is 25.2 Å². The van der Waals surface area contributed by atoms with Crippen LogP contribution in [0, 0.1) is 12.3 Å². The Kier molecular flexibility index (Phi) is 4.61. The highest BCUT2D eigenvalue weighted by atomic mass is 16.1. The second kappa shape index (κ2) is 7.00. The number of hydrogen-bond acceptors (Lipinski definition) is 6. The maximum Gasteiger partial charge on any atom is 0.224 e. The third-order valence-electron chi connectivity index (χ3n) is 3.80. The summed E-state index contributed by atoms with van der Waals surface area (Å²) in [4.78, 5) is 12.1. The lowest BCUT2D eigenvalue weighted by Gasteiger charge is -2.10. The van der Waals surface area contributed by atoms with Crippen molar-refractivity contribution in [1.29, 1.82) is 0 Å². The first-order chi connectivity index (χ1) is 11.7. The summed E-state index contributed by atoms with van der Waals surface area (Å²) in [6, 6.07) is 7.51. The number of carbonyl (C=O) groups excluding carboxylic acids is 1. The van der Waals surface area contributed by atoms with E-state index in [1.807, 2.05) is 24.3 Å². The summed E-state index contributed by atoms with van der Waals surface area (Å²) in [5.41, 5.74) is 1.34. The first kappa shape index (κ1) is 15.8. The number of tetrazole rings is 1. The molecule has 0 radical (unpaired) electrons. The molecule has 1 aromatic carbocycles. The molecule has 1 amide bonds. The fourth-order valence-corrected chi connectivity index (χ4v) is 2.42. The van der Waals surface area contributed by atoms with E-state index in [2.05, 4.69) is 42.1 Å². The number of amides is 1. The third-order valence-corrected chi connectivity index (χ3v) is 3.80. The summed E-state index contributed by atoms with van der Waals surface area (Å²) in [5, 5.41) is 24.8. The van der Waals surface area contributed by atoms with Crippen LogP contribution in [-0.2, 0) is 11.2 Å². The van der Waals surface area contributed by atoms with E-state index in [0.717, 1.165) is 17.5 Å². The maximum atomic E-state index is 12.1. The molecule has 3 rings (SSSR count). The first-order valence-corrected chi connectivity index (χ1v) is 7.68. The lowest BCUT2D eigenvalue weighted by Crippen LogP contribution is -2.29. The third kappa shape index (κ3) is 4.01. The van der Waals surface area contributed by atoms with Crippen molar-refractivity contribution in [2.45, 2.75) is 31.3 Å². The Bertz CT molecular complexity index is 770. The van der Waals surface area contributed by atoms with Gasteiger partial charge in [0, 0.05) is 31.4 Å². The molecule has 0 spiro atoms. The molecule has 0 saturated carbocycles. The molecule has 0 aliphatic carbocycles. The Morgan fingerprint density at radius 2 is 2.21 bits per heavy atom. The highest BCUT2D eigenvalue weighted by Gasteiger charge is 2.38. The average molecular weight is 323 g/mol. The molecule has 0 bridgehead atoms. The first-order valence-electron chi connectivity index (χ1n) is 7.68. The number of nitrogens with zero attached hydrogens (tertiary/aromatic N) is 5. The molecule has 0 unspecified atom stereocenters. The Morgan fingerprint density at radius 3 is 2.92 bits per heavy atom. The van der Waals surface area contributed by atoms with Gasteiger partial charge in [-0.2, -0.15) is 15.4 Å². The quantitative estimate of drug-likeness (QED) is 0.717. The van der Waals surface area contributed by atoms with Gasteiger partial charge >= 0.3 is 0 Å². The van der Waals surface area contributed by atoms with E-state index in [1.165, 1.54) is 0 Å². The summed E-state index contributed by atoms with van der Waals surface area (Å²) in [5.74, 6) is 3.04. The van der Waals surface area contributed by atoms with Crippen LogP contribution in [0.2, 0.25) is 0 Å². The van der Waals surface area contributed by atoms with E-state index >= 15 is 0 Å². The topological polar surface area (TPSA) is 108 Å². The van der Waals surface area contributed by atoms with E-state index in [4.69, 9.17) is 6.42 Å². The lowest BCUT2D eigenvalue weighted by atomic mass is 10.0. The second-order valence-corrected chi connectivity index (χ2v) is 5.60. The van der Waals surface area contributed by atoms with Crippen molar-refractivity contribution in [3.8, 4) is 23.7 Å². The van der Waals surface area contributed by atoms with Crippen molar-refractivity contribution < 1.29 is 4.79 Å². The van der Waals surface area contributed by atoms with E-state index in [1.54, 1.807) is 0 Å². The minimum absolute atomic E-state index is 0.0481. The normalized spacial score (nSPS) is 14.1. The van der Waals surface area contributed by atoms with Crippen molar-refractivity contribution in [1.82, 2.24) is 25.9 Å². The number of H-pyrrole nitrogens is 1. The molecule has 2 N–H and O–H groups in total. The minimum atomic E-state index is -0.363. The molecular weight excluding hydrogens is 306 g/mol. The predicted molar refractivity (Wildman–Crippen MR) is 86.6 cm³/mol. The van der Waals surface area contributed by atoms with Crippen LogP contribution in [0.4, 0.5) is 0 Å². The van der Waals surface area contributed by atoms with Crippen LogP contribution in [0.3, 0.4) is 0 Å². The lowest BCUT2D eigenvalue weighted by molar-refractivity contribution is -0.120. The van der Waals surface area contributed by atoms with Gasteiger partial charge in [-0.1, -0.05) is 18.2 Å². The average Bonchev–Trinajstić information content (AvgIpc) is 3.13. The predicted octanol–water partition coefficient (Wildman–Crippen LogP) is 1.49. The molecule has 0 atom stereocenters. The number of nitrogens with one attached hydrogen (secondary N) is 2. The van der Waals surface area contributed by atoms with Gasteiger partial charge in [0.15, 0.2) is 5.66 Å². The van der Waals surface area contributed by atoms with E-state index < -0.39 is 0 Å². The fraction of sp³-hybridized carbons (Fsp3) is 0.375. The standard InChI is InChI=1S/C16H17N7O/c1-2-3-7-16(20-21-16)8-9-17-14(24)11-12-5-4-6-13(10-12)15-18-22-23-19-15/h1,4-6,10H,3,7-9,11H2,(H,17,24)(H,18,19,22,23). The van der Waals surface area contributed by atoms with Crippen LogP contribution in [0.5, 0.6) is 0 Å². The zero-order valence-corrected chi connectivity index (χ0v) is 13.1. The minimum Gasteiger partial charge on any atom is -0.356 e. The highest BCUT2D eigenvalue weighted by molar-refractivity contribution is 5.79. The largest absolute Gasteiger partial charge is 0.356 e. The van der Waals surface area contributed by atoms with Crippen LogP contribution >= 0.6 is 0 Å². The molecule has 2 aromatic rings. The second-order valence-electron chi connectivity index (χ2n) is 5.60. The Labute approximate surface area is 139 Å². The monoisotopic (exact) mass is 323 g/mol. The van der Waals surface area contributed by atoms with Crippen LogP contribution in [-0.4, -0.2) is 38.7 Å². The van der Waals surface area contributed by atoms with Gasteiger partial charge in [0.1, 0.15) is 0 Å². The van der Waals surface area contributed by atoms with Gasteiger partial charge in [0.2, 0.25) is 11.7 Å². The number of aromatic nitrogens is 4. The molecule has 1 aromatic heterocycles. The summed E-state index contributed by atoms with van der Waals surface area (Å²) >= 11 is 0. The van der Waals surface area contributed by atoms with Crippen LogP contribution in [0.15, 0.2) is 34.5 Å². The Morgan fingerprint density at radius 1 is 1.33 bits per heavy atom. The molecular formula is C16H17N7O. The fourth-order valence-electron chi connectivity index (χ4n) is 2.42. The van der Waals surface area contributed by atoms with Crippen molar-refractivity contribution in [3.63, 3.8) is 0 Å². The van der Waals surface area contributed by atoms with Crippen LogP contribution < -0.4 is 5.32 Å². The van der Waals surface area contributed by atoms with Gasteiger partial charge in [-0.25, -0.2) is 0 Å². The molecule has 1 aliphatic rings. The smallest absolute Gasteiger partial charge is 0.224 e. The SMILES string of the molecule is C#CCCC1(CCNC(=O)Cc2cccc(-c3nn[nH]n3)c2)N=N1. The molecule has 8 heteroatoms. The van der Waals surface area contributed by atoms with Gasteiger partial charge in [0.25, 0.3) is 0 Å². The summed E-state index contributed by atoms with van der Waals surface area (Å²) < 4.78 is 0. The zero-order chi connectivity index (χ0) is 16.8. The van der Waals surface area contributed by atoms with Gasteiger partial charge in [-0.15, -0.1) is 22.5 Å². The number of rotatable bonds is 8. The van der Waals surface area contributed by atoms with Gasteiger partial charge in [-0.3, -0.25) is 4.79 Å². The van der Waals surface area contributed by atoms with Gasteiger partial charge in [-0.05, 0) is 16.8 Å². The van der Waals surface area contributed by atoms with Gasteiger partial charge in [0.05, 0.1) is 6.42 Å². The van der Waals surface area contributed by atoms with Crippen molar-refractivity contribution in [2.24, 2.45) is 10.2 Å².